The molecule has 0 fully saturated rings. The summed E-state index contributed by atoms with van der Waals surface area (Å²) < 4.78 is 0. The zero-order valence-corrected chi connectivity index (χ0v) is 8.21. The summed E-state index contributed by atoms with van der Waals surface area (Å²) in [5.74, 6) is -0.744. The highest BCUT2D eigenvalue weighted by atomic mass is 16.4. The van der Waals surface area contributed by atoms with Crippen LogP contribution in [0.1, 0.15) is 26.7 Å². The minimum atomic E-state index is -0.744. The fourth-order valence-electron chi connectivity index (χ4n) is 1.26. The smallest absolute Gasteiger partial charge is 0.310 e. The minimum Gasteiger partial charge on any atom is -0.481 e. The van der Waals surface area contributed by atoms with Crippen molar-refractivity contribution >= 4 is 5.97 Å². The molecule has 0 spiro atoms. The standard InChI is InChI=1S/C10H17NO2/c1-10(2,9(12)13)7-11-8-5-3-4-6-8/h3-4,8,11H,5-7H2,1-2H3,(H,12,13). The van der Waals surface area contributed by atoms with Crippen LogP contribution in [0.5, 0.6) is 0 Å². The Bertz CT molecular complexity index is 213. The Balaban J connectivity index is 2.28. The van der Waals surface area contributed by atoms with Crippen LogP contribution >= 0.6 is 0 Å². The van der Waals surface area contributed by atoms with Crippen LogP contribution in [-0.2, 0) is 4.79 Å². The highest BCUT2D eigenvalue weighted by Gasteiger charge is 2.27. The number of nitrogens with one attached hydrogen (secondary N) is 1. The first-order valence-electron chi connectivity index (χ1n) is 4.64. The quantitative estimate of drug-likeness (QED) is 0.648. The number of hydrogen-bond acceptors (Lipinski definition) is 2. The molecule has 0 radical (unpaired) electrons. The van der Waals surface area contributed by atoms with E-state index in [1.165, 1.54) is 0 Å². The third kappa shape index (κ3) is 2.84. The van der Waals surface area contributed by atoms with Crippen molar-refractivity contribution in [2.45, 2.75) is 32.7 Å². The van der Waals surface area contributed by atoms with Crippen LogP contribution < -0.4 is 5.32 Å². The first-order valence-corrected chi connectivity index (χ1v) is 4.64. The van der Waals surface area contributed by atoms with Crippen LogP contribution in [0.3, 0.4) is 0 Å². The molecule has 2 N–H and O–H groups in total. The molecular formula is C10H17NO2. The van der Waals surface area contributed by atoms with Crippen LogP contribution in [0.4, 0.5) is 0 Å². The molecule has 0 saturated carbocycles. The van der Waals surface area contributed by atoms with Crippen molar-refractivity contribution in [1.82, 2.24) is 5.32 Å². The summed E-state index contributed by atoms with van der Waals surface area (Å²) in [5, 5.41) is 12.1. The first-order chi connectivity index (χ1) is 6.02. The fraction of sp³-hybridized carbons (Fsp3) is 0.700. The summed E-state index contributed by atoms with van der Waals surface area (Å²) in [7, 11) is 0. The highest BCUT2D eigenvalue weighted by molar-refractivity contribution is 5.73. The van der Waals surface area contributed by atoms with Crippen LogP contribution in [0.2, 0.25) is 0 Å². The van der Waals surface area contributed by atoms with E-state index in [4.69, 9.17) is 5.11 Å². The lowest BCUT2D eigenvalue weighted by Crippen LogP contribution is -2.40. The number of rotatable bonds is 4. The van der Waals surface area contributed by atoms with E-state index in [-0.39, 0.29) is 0 Å². The molecule has 0 saturated heterocycles. The molecule has 0 heterocycles. The van der Waals surface area contributed by atoms with Crippen LogP contribution in [0.15, 0.2) is 12.2 Å². The molecule has 1 rings (SSSR count). The molecule has 1 aliphatic rings. The first kappa shape index (κ1) is 10.3. The molecular weight excluding hydrogens is 166 g/mol. The van der Waals surface area contributed by atoms with E-state index < -0.39 is 11.4 Å². The van der Waals surface area contributed by atoms with Crippen LogP contribution in [0.25, 0.3) is 0 Å². The molecule has 0 aromatic carbocycles. The Morgan fingerprint density at radius 1 is 1.54 bits per heavy atom. The second-order valence-corrected chi connectivity index (χ2v) is 4.21. The second-order valence-electron chi connectivity index (χ2n) is 4.21. The van der Waals surface area contributed by atoms with Gasteiger partial charge < -0.3 is 10.4 Å². The topological polar surface area (TPSA) is 49.3 Å². The van der Waals surface area contributed by atoms with Gasteiger partial charge in [0.2, 0.25) is 0 Å². The maximum atomic E-state index is 10.8. The van der Waals surface area contributed by atoms with Crippen molar-refractivity contribution in [2.75, 3.05) is 6.54 Å². The van der Waals surface area contributed by atoms with E-state index >= 15 is 0 Å². The zero-order valence-electron chi connectivity index (χ0n) is 8.21. The van der Waals surface area contributed by atoms with Gasteiger partial charge >= 0.3 is 5.97 Å². The van der Waals surface area contributed by atoms with Gasteiger partial charge in [-0.3, -0.25) is 4.79 Å². The third-order valence-electron chi connectivity index (χ3n) is 2.42. The maximum absolute atomic E-state index is 10.8. The summed E-state index contributed by atoms with van der Waals surface area (Å²) in [6.45, 7) is 4.02. The van der Waals surface area contributed by atoms with Gasteiger partial charge in [0.1, 0.15) is 0 Å². The molecule has 3 heteroatoms. The highest BCUT2D eigenvalue weighted by Crippen LogP contribution is 2.16. The number of carboxylic acid groups (broad SMARTS) is 1. The molecule has 0 atom stereocenters. The number of hydrogen-bond donors (Lipinski definition) is 2. The molecule has 3 nitrogen and oxygen atoms in total. The van der Waals surface area contributed by atoms with Gasteiger partial charge in [-0.1, -0.05) is 12.2 Å². The number of carbonyl (C=O) groups is 1. The number of aliphatic carboxylic acids is 1. The van der Waals surface area contributed by atoms with E-state index in [0.717, 1.165) is 12.8 Å². The van der Waals surface area contributed by atoms with Gasteiger partial charge in [-0.25, -0.2) is 0 Å². The summed E-state index contributed by atoms with van der Waals surface area (Å²) in [6, 6.07) is 0.443. The van der Waals surface area contributed by atoms with Crippen molar-refractivity contribution < 1.29 is 9.90 Å². The second kappa shape index (κ2) is 3.92. The average molecular weight is 183 g/mol. The normalized spacial score (nSPS) is 18.0. The summed E-state index contributed by atoms with van der Waals surface area (Å²) in [5.41, 5.74) is -0.664. The van der Waals surface area contributed by atoms with Crippen LogP contribution in [0, 0.1) is 5.41 Å². The van der Waals surface area contributed by atoms with Gasteiger partial charge in [-0.2, -0.15) is 0 Å². The molecule has 0 aromatic heterocycles. The molecule has 0 aromatic rings. The minimum absolute atomic E-state index is 0.443. The van der Waals surface area contributed by atoms with Crippen molar-refractivity contribution in [3.63, 3.8) is 0 Å². The summed E-state index contributed by atoms with van der Waals surface area (Å²) in [4.78, 5) is 10.8. The molecule has 0 bridgehead atoms. The van der Waals surface area contributed by atoms with E-state index in [0.29, 0.717) is 12.6 Å². The molecule has 74 valence electrons. The summed E-state index contributed by atoms with van der Waals surface area (Å²) in [6.07, 6.45) is 6.31. The van der Waals surface area contributed by atoms with Crippen LogP contribution in [-0.4, -0.2) is 23.7 Å². The predicted molar refractivity (Wildman–Crippen MR) is 51.6 cm³/mol. The Kier molecular flexibility index (Phi) is 3.09. The Labute approximate surface area is 78.8 Å². The van der Waals surface area contributed by atoms with Gasteiger partial charge in [0, 0.05) is 12.6 Å². The van der Waals surface area contributed by atoms with E-state index in [2.05, 4.69) is 17.5 Å². The number of carboxylic acids is 1. The van der Waals surface area contributed by atoms with Gasteiger partial charge in [-0.15, -0.1) is 0 Å². The van der Waals surface area contributed by atoms with Gasteiger partial charge in [0.15, 0.2) is 0 Å². The maximum Gasteiger partial charge on any atom is 0.310 e. The van der Waals surface area contributed by atoms with Crippen molar-refractivity contribution in [1.29, 1.82) is 0 Å². The van der Waals surface area contributed by atoms with Gasteiger partial charge in [0.05, 0.1) is 5.41 Å². The van der Waals surface area contributed by atoms with E-state index in [1.807, 2.05) is 0 Å². The SMILES string of the molecule is CC(C)(CNC1CC=CC1)C(=O)O. The lowest BCUT2D eigenvalue weighted by Gasteiger charge is -2.22. The predicted octanol–water partition coefficient (Wildman–Crippen LogP) is 1.41. The largest absolute Gasteiger partial charge is 0.481 e. The summed E-state index contributed by atoms with van der Waals surface area (Å²) >= 11 is 0. The van der Waals surface area contributed by atoms with Gasteiger partial charge in [0.25, 0.3) is 0 Å². The van der Waals surface area contributed by atoms with Gasteiger partial charge in [-0.05, 0) is 26.7 Å². The Morgan fingerprint density at radius 3 is 2.54 bits per heavy atom. The lowest BCUT2D eigenvalue weighted by atomic mass is 9.93. The molecule has 0 amide bonds. The van der Waals surface area contributed by atoms with Crippen molar-refractivity contribution in [3.05, 3.63) is 12.2 Å². The van der Waals surface area contributed by atoms with Crippen molar-refractivity contribution in [2.24, 2.45) is 5.41 Å². The van der Waals surface area contributed by atoms with Crippen molar-refractivity contribution in [3.8, 4) is 0 Å². The monoisotopic (exact) mass is 183 g/mol. The average Bonchev–Trinajstić information content (AvgIpc) is 2.52. The Hall–Kier alpha value is -0.830. The molecule has 1 aliphatic carbocycles. The zero-order chi connectivity index (χ0) is 9.90. The molecule has 13 heavy (non-hydrogen) atoms. The fourth-order valence-corrected chi connectivity index (χ4v) is 1.26. The lowest BCUT2D eigenvalue weighted by molar-refractivity contribution is -0.146. The molecule has 0 aliphatic heterocycles. The Morgan fingerprint density at radius 2 is 2.08 bits per heavy atom. The molecule has 0 unspecified atom stereocenters. The van der Waals surface area contributed by atoms with E-state index in [9.17, 15) is 4.79 Å². The van der Waals surface area contributed by atoms with E-state index in [1.54, 1.807) is 13.8 Å². The third-order valence-corrected chi connectivity index (χ3v) is 2.42.